The standard InChI is InChI=1S/C15H19NO3S/c1-9-6-10(18-14(20)16(4)5)7-12-13(9)11(17)8-15(2,3)19-12/h6-7H,8H2,1-5H3. The van der Waals surface area contributed by atoms with Crippen LogP contribution in [-0.2, 0) is 0 Å². The fourth-order valence-corrected chi connectivity index (χ4v) is 2.32. The lowest BCUT2D eigenvalue weighted by Gasteiger charge is -2.32. The van der Waals surface area contributed by atoms with Gasteiger partial charge in [0.25, 0.3) is 5.17 Å². The molecule has 0 saturated carbocycles. The lowest BCUT2D eigenvalue weighted by molar-refractivity contribution is 0.0618. The van der Waals surface area contributed by atoms with Crippen molar-refractivity contribution in [1.82, 2.24) is 4.90 Å². The van der Waals surface area contributed by atoms with E-state index in [1.165, 1.54) is 0 Å². The van der Waals surface area contributed by atoms with Crippen molar-refractivity contribution >= 4 is 23.2 Å². The third kappa shape index (κ3) is 2.93. The minimum absolute atomic E-state index is 0.107. The molecule has 0 amide bonds. The summed E-state index contributed by atoms with van der Waals surface area (Å²) in [6.45, 7) is 5.69. The van der Waals surface area contributed by atoms with E-state index in [9.17, 15) is 4.79 Å². The predicted molar refractivity (Wildman–Crippen MR) is 81.7 cm³/mol. The fourth-order valence-electron chi connectivity index (χ4n) is 2.22. The van der Waals surface area contributed by atoms with Crippen LogP contribution in [0.25, 0.3) is 0 Å². The highest BCUT2D eigenvalue weighted by Crippen LogP contribution is 2.37. The number of hydrogen-bond acceptors (Lipinski definition) is 4. The Kier molecular flexibility index (Phi) is 3.73. The average Bonchev–Trinajstić information content (AvgIpc) is 2.25. The zero-order valence-electron chi connectivity index (χ0n) is 12.4. The molecule has 0 unspecified atom stereocenters. The van der Waals surface area contributed by atoms with E-state index in [-0.39, 0.29) is 5.78 Å². The van der Waals surface area contributed by atoms with Crippen molar-refractivity contribution in [2.24, 2.45) is 0 Å². The Hall–Kier alpha value is -1.62. The first-order valence-corrected chi connectivity index (χ1v) is 6.86. The molecule has 1 aromatic rings. The summed E-state index contributed by atoms with van der Waals surface area (Å²) < 4.78 is 11.5. The van der Waals surface area contributed by atoms with Gasteiger partial charge in [0.05, 0.1) is 12.0 Å². The molecular weight excluding hydrogens is 274 g/mol. The fraction of sp³-hybridized carbons (Fsp3) is 0.467. The highest BCUT2D eigenvalue weighted by Gasteiger charge is 2.34. The van der Waals surface area contributed by atoms with Crippen LogP contribution >= 0.6 is 12.2 Å². The van der Waals surface area contributed by atoms with Gasteiger partial charge in [-0.3, -0.25) is 4.79 Å². The Labute approximate surface area is 124 Å². The molecule has 0 atom stereocenters. The maximum Gasteiger partial charge on any atom is 0.264 e. The molecular formula is C15H19NO3S. The van der Waals surface area contributed by atoms with Crippen molar-refractivity contribution < 1.29 is 14.3 Å². The maximum absolute atomic E-state index is 12.2. The van der Waals surface area contributed by atoms with Gasteiger partial charge in [0, 0.05) is 20.2 Å². The lowest BCUT2D eigenvalue weighted by Crippen LogP contribution is -2.36. The van der Waals surface area contributed by atoms with E-state index in [4.69, 9.17) is 21.7 Å². The van der Waals surface area contributed by atoms with Crippen LogP contribution in [0.5, 0.6) is 11.5 Å². The summed E-state index contributed by atoms with van der Waals surface area (Å²) in [5, 5.41) is 0.366. The topological polar surface area (TPSA) is 38.8 Å². The quantitative estimate of drug-likeness (QED) is 0.744. The van der Waals surface area contributed by atoms with Gasteiger partial charge in [-0.15, -0.1) is 0 Å². The second-order valence-corrected chi connectivity index (χ2v) is 6.19. The van der Waals surface area contributed by atoms with E-state index in [2.05, 4.69) is 0 Å². The summed E-state index contributed by atoms with van der Waals surface area (Å²) in [7, 11) is 3.63. The number of Topliss-reactive ketones (excluding diaryl/α,β-unsaturated/α-hetero) is 1. The van der Waals surface area contributed by atoms with Gasteiger partial charge in [-0.05, 0) is 44.6 Å². The molecule has 0 aliphatic carbocycles. The molecule has 0 bridgehead atoms. The lowest BCUT2D eigenvalue weighted by atomic mass is 9.90. The molecule has 1 heterocycles. The molecule has 0 spiro atoms. The van der Waals surface area contributed by atoms with Crippen molar-refractivity contribution in [2.75, 3.05) is 14.1 Å². The summed E-state index contributed by atoms with van der Waals surface area (Å²) in [6, 6.07) is 3.55. The van der Waals surface area contributed by atoms with Crippen molar-refractivity contribution in [3.05, 3.63) is 23.3 Å². The van der Waals surface area contributed by atoms with Crippen LogP contribution in [0.3, 0.4) is 0 Å². The SMILES string of the molecule is Cc1cc(OC(=S)N(C)C)cc2c1C(=O)CC(C)(C)O2. The van der Waals surface area contributed by atoms with E-state index in [1.807, 2.05) is 40.9 Å². The van der Waals surface area contributed by atoms with Crippen LogP contribution in [0.15, 0.2) is 12.1 Å². The smallest absolute Gasteiger partial charge is 0.264 e. The molecule has 4 nitrogen and oxygen atoms in total. The van der Waals surface area contributed by atoms with Crippen LogP contribution < -0.4 is 9.47 Å². The number of aryl methyl sites for hydroxylation is 1. The van der Waals surface area contributed by atoms with Crippen LogP contribution in [0.4, 0.5) is 0 Å². The summed E-state index contributed by atoms with van der Waals surface area (Å²) in [6.07, 6.45) is 0.386. The maximum atomic E-state index is 12.2. The normalized spacial score (nSPS) is 16.1. The molecule has 0 fully saturated rings. The van der Waals surface area contributed by atoms with Gasteiger partial charge in [-0.25, -0.2) is 0 Å². The zero-order valence-corrected chi connectivity index (χ0v) is 13.3. The second kappa shape index (κ2) is 5.05. The van der Waals surface area contributed by atoms with Crippen LogP contribution in [0, 0.1) is 6.92 Å². The largest absolute Gasteiger partial charge is 0.486 e. The highest BCUT2D eigenvalue weighted by atomic mass is 32.1. The van der Waals surface area contributed by atoms with Gasteiger partial charge in [0.1, 0.15) is 17.1 Å². The number of carbonyl (C=O) groups excluding carboxylic acids is 1. The van der Waals surface area contributed by atoms with E-state index in [0.717, 1.165) is 5.56 Å². The van der Waals surface area contributed by atoms with Crippen molar-refractivity contribution in [3.63, 3.8) is 0 Å². The Morgan fingerprint density at radius 2 is 2.05 bits per heavy atom. The third-order valence-electron chi connectivity index (χ3n) is 3.09. The van der Waals surface area contributed by atoms with Crippen molar-refractivity contribution in [3.8, 4) is 11.5 Å². The van der Waals surface area contributed by atoms with E-state index in [1.54, 1.807) is 11.0 Å². The highest BCUT2D eigenvalue weighted by molar-refractivity contribution is 7.80. The first-order chi connectivity index (χ1) is 9.19. The number of hydrogen-bond donors (Lipinski definition) is 0. The first-order valence-electron chi connectivity index (χ1n) is 6.45. The van der Waals surface area contributed by atoms with Gasteiger partial charge in [-0.2, -0.15) is 0 Å². The van der Waals surface area contributed by atoms with Gasteiger partial charge in [0.15, 0.2) is 5.78 Å². The molecule has 2 rings (SSSR count). The monoisotopic (exact) mass is 293 g/mol. The Morgan fingerprint density at radius 1 is 1.40 bits per heavy atom. The van der Waals surface area contributed by atoms with E-state index < -0.39 is 5.60 Å². The van der Waals surface area contributed by atoms with Gasteiger partial charge in [-0.1, -0.05) is 0 Å². The molecule has 1 aliphatic heterocycles. The van der Waals surface area contributed by atoms with Crippen LogP contribution in [0.1, 0.15) is 36.2 Å². The Balaban J connectivity index is 2.39. The van der Waals surface area contributed by atoms with Crippen molar-refractivity contribution in [1.29, 1.82) is 0 Å². The minimum atomic E-state index is -0.489. The van der Waals surface area contributed by atoms with Gasteiger partial charge >= 0.3 is 0 Å². The third-order valence-corrected chi connectivity index (χ3v) is 3.54. The predicted octanol–water partition coefficient (Wildman–Crippen LogP) is 2.96. The number of carbonyl (C=O) groups is 1. The summed E-state index contributed by atoms with van der Waals surface area (Å²) in [4.78, 5) is 13.9. The van der Waals surface area contributed by atoms with Crippen LogP contribution in [0.2, 0.25) is 0 Å². The molecule has 108 valence electrons. The average molecular weight is 293 g/mol. The molecule has 1 aromatic carbocycles. The molecule has 0 N–H and O–H groups in total. The number of thiocarbonyl (C=S) groups is 1. The first kappa shape index (κ1) is 14.8. The van der Waals surface area contributed by atoms with E-state index >= 15 is 0 Å². The zero-order chi connectivity index (χ0) is 15.1. The molecule has 0 aromatic heterocycles. The number of nitrogens with zero attached hydrogens (tertiary/aromatic N) is 1. The molecule has 0 saturated heterocycles. The number of rotatable bonds is 1. The van der Waals surface area contributed by atoms with Crippen molar-refractivity contribution in [2.45, 2.75) is 32.8 Å². The molecule has 20 heavy (non-hydrogen) atoms. The number of ether oxygens (including phenoxy) is 2. The number of fused-ring (bicyclic) bond motifs is 1. The Morgan fingerprint density at radius 3 is 2.65 bits per heavy atom. The molecule has 1 aliphatic rings. The molecule has 5 heteroatoms. The molecule has 0 radical (unpaired) electrons. The number of benzene rings is 1. The van der Waals surface area contributed by atoms with Gasteiger partial charge in [0.2, 0.25) is 0 Å². The van der Waals surface area contributed by atoms with E-state index in [0.29, 0.717) is 28.7 Å². The summed E-state index contributed by atoms with van der Waals surface area (Å²) >= 11 is 5.12. The summed E-state index contributed by atoms with van der Waals surface area (Å²) in [5.41, 5.74) is 1.00. The van der Waals surface area contributed by atoms with Gasteiger partial charge < -0.3 is 14.4 Å². The Bertz CT molecular complexity index is 579. The van der Waals surface area contributed by atoms with Crippen LogP contribution in [-0.4, -0.2) is 35.6 Å². The summed E-state index contributed by atoms with van der Waals surface area (Å²) in [5.74, 6) is 1.27. The minimum Gasteiger partial charge on any atom is -0.486 e. The second-order valence-electron chi connectivity index (χ2n) is 5.84. The number of ketones is 1.